The monoisotopic (exact) mass is 556 g/mol. The Balaban J connectivity index is 1.32. The van der Waals surface area contributed by atoms with Crippen LogP contribution < -0.4 is 0 Å². The topological polar surface area (TPSA) is 72.5 Å². The Kier molecular flexibility index (Phi) is 12.1. The molecule has 1 aliphatic carbocycles. The van der Waals surface area contributed by atoms with Crippen LogP contribution in [-0.4, -0.2) is 63.3 Å². The van der Waals surface area contributed by atoms with Crippen LogP contribution in [0.2, 0.25) is 0 Å². The summed E-state index contributed by atoms with van der Waals surface area (Å²) in [6.07, 6.45) is 16.9. The lowest BCUT2D eigenvalue weighted by Gasteiger charge is -2.30. The number of hydrogen-bond acceptors (Lipinski definition) is 7. The molecule has 5 rings (SSSR count). The number of hydrogen-bond donors (Lipinski definition) is 0. The van der Waals surface area contributed by atoms with Gasteiger partial charge in [0.2, 0.25) is 0 Å². The summed E-state index contributed by atoms with van der Waals surface area (Å²) >= 11 is 0. The van der Waals surface area contributed by atoms with Crippen molar-refractivity contribution in [1.82, 2.24) is 0 Å². The average Bonchev–Trinajstić information content (AvgIpc) is 3.31. The molecule has 4 aliphatic rings. The minimum atomic E-state index is -0.201. The van der Waals surface area contributed by atoms with Crippen LogP contribution in [0.4, 0.5) is 0 Å². The first kappa shape index (κ1) is 29.9. The largest absolute Gasteiger partial charge is 0.353 e. The lowest BCUT2D eigenvalue weighted by atomic mass is 9.90. The molecule has 7 nitrogen and oxygen atoms in total. The summed E-state index contributed by atoms with van der Waals surface area (Å²) in [5, 5.41) is 0. The second kappa shape index (κ2) is 16.1. The predicted octanol–water partition coefficient (Wildman–Crippen LogP) is 6.14. The molecule has 40 heavy (non-hydrogen) atoms. The van der Waals surface area contributed by atoms with Crippen molar-refractivity contribution in [3.63, 3.8) is 0 Å². The van der Waals surface area contributed by atoms with Gasteiger partial charge in [0.25, 0.3) is 0 Å². The van der Waals surface area contributed by atoms with Gasteiger partial charge in [-0.25, -0.2) is 0 Å². The molecule has 3 saturated heterocycles. The van der Waals surface area contributed by atoms with Gasteiger partial charge < -0.3 is 33.2 Å². The summed E-state index contributed by atoms with van der Waals surface area (Å²) in [6.45, 7) is 2.23. The van der Waals surface area contributed by atoms with Crippen molar-refractivity contribution >= 4 is 6.29 Å². The molecule has 4 fully saturated rings. The predicted molar refractivity (Wildman–Crippen MR) is 152 cm³/mol. The maximum atomic E-state index is 11.9. The van der Waals surface area contributed by atoms with Crippen molar-refractivity contribution in [2.75, 3.05) is 19.8 Å². The zero-order chi connectivity index (χ0) is 27.4. The number of rotatable bonds is 13. The Morgan fingerprint density at radius 2 is 1.43 bits per heavy atom. The van der Waals surface area contributed by atoms with E-state index in [2.05, 4.69) is 36.4 Å². The van der Waals surface area contributed by atoms with Crippen LogP contribution in [0.1, 0.15) is 82.6 Å². The van der Waals surface area contributed by atoms with Crippen molar-refractivity contribution in [3.8, 4) is 0 Å². The molecule has 7 heteroatoms. The minimum absolute atomic E-state index is 0.0218. The van der Waals surface area contributed by atoms with Gasteiger partial charge in [0, 0.05) is 44.5 Å². The highest BCUT2D eigenvalue weighted by Crippen LogP contribution is 2.41. The Morgan fingerprint density at radius 3 is 2.02 bits per heavy atom. The van der Waals surface area contributed by atoms with E-state index in [4.69, 9.17) is 28.4 Å². The maximum absolute atomic E-state index is 11.9. The molecule has 0 N–H and O–H groups in total. The molecule has 0 aromatic heterocycles. The quantitative estimate of drug-likeness (QED) is 0.214. The second-order valence-corrected chi connectivity index (χ2v) is 11.7. The Labute approximate surface area is 239 Å². The van der Waals surface area contributed by atoms with Crippen LogP contribution >= 0.6 is 0 Å². The fourth-order valence-electron chi connectivity index (χ4n) is 6.53. The van der Waals surface area contributed by atoms with Gasteiger partial charge in [-0.05, 0) is 76.2 Å². The molecule has 3 unspecified atom stereocenters. The summed E-state index contributed by atoms with van der Waals surface area (Å²) in [7, 11) is 0. The van der Waals surface area contributed by atoms with E-state index in [9.17, 15) is 4.79 Å². The van der Waals surface area contributed by atoms with Crippen LogP contribution in [0.25, 0.3) is 0 Å². The number of aryl methyl sites for hydroxylation is 1. The van der Waals surface area contributed by atoms with E-state index in [0.29, 0.717) is 6.42 Å². The molecule has 0 bridgehead atoms. The molecule has 8 atom stereocenters. The molecule has 0 spiro atoms. The van der Waals surface area contributed by atoms with Gasteiger partial charge in [-0.3, -0.25) is 0 Å². The summed E-state index contributed by atoms with van der Waals surface area (Å²) in [5.74, 6) is 0.0491. The van der Waals surface area contributed by atoms with Crippen molar-refractivity contribution in [3.05, 3.63) is 48.0 Å². The Morgan fingerprint density at radius 1 is 0.800 bits per heavy atom. The summed E-state index contributed by atoms with van der Waals surface area (Å²) in [6, 6.07) is 10.5. The molecule has 0 amide bonds. The van der Waals surface area contributed by atoms with Crippen molar-refractivity contribution < 1.29 is 33.2 Å². The fourth-order valence-corrected chi connectivity index (χ4v) is 6.53. The third kappa shape index (κ3) is 8.94. The molecule has 3 aliphatic heterocycles. The third-order valence-corrected chi connectivity index (χ3v) is 8.74. The summed E-state index contributed by atoms with van der Waals surface area (Å²) < 4.78 is 37.4. The second-order valence-electron chi connectivity index (χ2n) is 11.7. The number of ether oxygens (including phenoxy) is 6. The van der Waals surface area contributed by atoms with E-state index in [-0.39, 0.29) is 49.0 Å². The lowest BCUT2D eigenvalue weighted by molar-refractivity contribution is -0.204. The van der Waals surface area contributed by atoms with Gasteiger partial charge in [0.1, 0.15) is 6.29 Å². The normalized spacial score (nSPS) is 34.1. The molecule has 222 valence electrons. The van der Waals surface area contributed by atoms with Gasteiger partial charge >= 0.3 is 0 Å². The maximum Gasteiger partial charge on any atom is 0.158 e. The molecule has 1 saturated carbocycles. The number of carbonyl (C=O) groups excluding carboxylic acids is 1. The third-order valence-electron chi connectivity index (χ3n) is 8.74. The highest BCUT2D eigenvalue weighted by Gasteiger charge is 2.45. The van der Waals surface area contributed by atoms with Gasteiger partial charge in [-0.15, -0.1) is 0 Å². The molecule has 1 aromatic rings. The molecule has 0 radical (unpaired) electrons. The molecular formula is C33H48O7. The number of aldehydes is 1. The zero-order valence-electron chi connectivity index (χ0n) is 23.9. The van der Waals surface area contributed by atoms with Crippen LogP contribution in [0.3, 0.4) is 0 Å². The summed E-state index contributed by atoms with van der Waals surface area (Å²) in [5.41, 5.74) is 1.30. The van der Waals surface area contributed by atoms with Gasteiger partial charge in [0.15, 0.2) is 18.9 Å². The number of benzene rings is 1. The fraction of sp³-hybridized carbons (Fsp3) is 0.727. The molecular weight excluding hydrogens is 508 g/mol. The summed E-state index contributed by atoms with van der Waals surface area (Å²) in [4.78, 5) is 11.9. The van der Waals surface area contributed by atoms with E-state index in [1.165, 1.54) is 5.56 Å². The highest BCUT2D eigenvalue weighted by molar-refractivity contribution is 5.50. The van der Waals surface area contributed by atoms with Gasteiger partial charge in [0.05, 0.1) is 18.3 Å². The number of carbonyl (C=O) groups is 1. The van der Waals surface area contributed by atoms with Gasteiger partial charge in [-0.1, -0.05) is 42.5 Å². The molecule has 1 aromatic carbocycles. The molecule has 3 heterocycles. The standard InChI is InChI=1S/C33H48O7/c34-20-19-28-27(18-17-26(38-31-12-4-7-21-35-31)16-15-25-10-2-1-3-11-25)29(39-32-13-5-8-22-36-32)24-30(28)40-33-14-6-9-23-37-33/h1-3,10-11,17-18,20,26-33H,4-9,12-16,19,21-24H2/t26-,27+,28+,29+,30-,31?,32?,33?/m0/s1. The first-order chi connectivity index (χ1) is 19.8. The van der Waals surface area contributed by atoms with E-state index >= 15 is 0 Å². The van der Waals surface area contributed by atoms with Crippen LogP contribution in [0.15, 0.2) is 42.5 Å². The van der Waals surface area contributed by atoms with Gasteiger partial charge in [-0.2, -0.15) is 0 Å². The SMILES string of the molecule is O=CC[C@@H]1[C@@H](C=C[C@H](CCc2ccccc2)OC2CCCCO2)[C@H](OC2CCCCO2)C[C@@H]1OC1CCCCO1. The van der Waals surface area contributed by atoms with Crippen LogP contribution in [0, 0.1) is 11.8 Å². The Hall–Kier alpha value is -1.61. The van der Waals surface area contributed by atoms with Crippen molar-refractivity contribution in [1.29, 1.82) is 0 Å². The lowest BCUT2D eigenvalue weighted by Crippen LogP contribution is -2.32. The Bertz CT molecular complexity index is 874. The zero-order valence-corrected chi connectivity index (χ0v) is 23.9. The van der Waals surface area contributed by atoms with Crippen LogP contribution in [-0.2, 0) is 39.6 Å². The minimum Gasteiger partial charge on any atom is -0.353 e. The smallest absolute Gasteiger partial charge is 0.158 e. The average molecular weight is 557 g/mol. The van der Waals surface area contributed by atoms with Crippen molar-refractivity contribution in [2.45, 2.75) is 121 Å². The van der Waals surface area contributed by atoms with E-state index in [0.717, 1.165) is 103 Å². The highest BCUT2D eigenvalue weighted by atomic mass is 16.7. The van der Waals surface area contributed by atoms with E-state index < -0.39 is 0 Å². The van der Waals surface area contributed by atoms with E-state index in [1.807, 2.05) is 6.07 Å². The van der Waals surface area contributed by atoms with E-state index in [1.54, 1.807) is 0 Å². The first-order valence-electron chi connectivity index (χ1n) is 15.8. The van der Waals surface area contributed by atoms with Crippen LogP contribution in [0.5, 0.6) is 0 Å². The first-order valence-corrected chi connectivity index (χ1v) is 15.8. The van der Waals surface area contributed by atoms with Crippen molar-refractivity contribution in [2.24, 2.45) is 11.8 Å².